The van der Waals surface area contributed by atoms with E-state index in [1.807, 2.05) is 31.2 Å². The minimum Gasteiger partial charge on any atom is -0.463 e. The molecule has 1 atom stereocenters. The molecular formula is C28H25N3O6S. The van der Waals surface area contributed by atoms with E-state index >= 15 is 0 Å². The van der Waals surface area contributed by atoms with Crippen molar-refractivity contribution in [2.45, 2.75) is 33.7 Å². The van der Waals surface area contributed by atoms with Crippen LogP contribution in [-0.4, -0.2) is 35.6 Å². The average Bonchev–Trinajstić information content (AvgIpc) is 3.35. The van der Waals surface area contributed by atoms with Gasteiger partial charge in [0.15, 0.2) is 4.80 Å². The number of carbonyl (C=O) groups is 3. The predicted octanol–water partition coefficient (Wildman–Crippen LogP) is 2.46. The molecule has 3 aromatic rings. The highest BCUT2D eigenvalue weighted by molar-refractivity contribution is 7.07. The maximum atomic E-state index is 14.1. The first kappa shape index (κ1) is 25.3. The third-order valence-electron chi connectivity index (χ3n) is 6.42. The molecule has 9 nitrogen and oxygen atoms in total. The van der Waals surface area contributed by atoms with E-state index in [0.29, 0.717) is 39.5 Å². The second-order valence-corrected chi connectivity index (χ2v) is 9.70. The molecule has 2 aliphatic rings. The fraction of sp³-hybridized carbons (Fsp3) is 0.250. The first-order valence-corrected chi connectivity index (χ1v) is 13.0. The molecule has 10 heteroatoms. The monoisotopic (exact) mass is 531 g/mol. The fourth-order valence-electron chi connectivity index (χ4n) is 4.85. The molecule has 2 aliphatic heterocycles. The van der Waals surface area contributed by atoms with Crippen LogP contribution in [0.1, 0.15) is 44.9 Å². The number of fused-ring (bicyclic) bond motifs is 2. The summed E-state index contributed by atoms with van der Waals surface area (Å²) in [4.78, 5) is 58.6. The van der Waals surface area contributed by atoms with Gasteiger partial charge in [0.05, 0.1) is 35.2 Å². The van der Waals surface area contributed by atoms with Crippen LogP contribution in [0.25, 0.3) is 5.57 Å². The Bertz CT molecular complexity index is 1700. The van der Waals surface area contributed by atoms with E-state index < -0.39 is 23.5 Å². The third kappa shape index (κ3) is 4.06. The molecule has 0 bridgehead atoms. The average molecular weight is 532 g/mol. The molecule has 0 saturated carbocycles. The Labute approximate surface area is 221 Å². The van der Waals surface area contributed by atoms with Crippen LogP contribution in [0.15, 0.2) is 69.6 Å². The number of carbonyl (C=O) groups excluding carboxylic acids is 3. The van der Waals surface area contributed by atoms with Gasteiger partial charge in [-0.2, -0.15) is 0 Å². The summed E-state index contributed by atoms with van der Waals surface area (Å²) < 4.78 is 12.2. The molecule has 0 radical (unpaired) electrons. The fourth-order valence-corrected chi connectivity index (χ4v) is 5.99. The summed E-state index contributed by atoms with van der Waals surface area (Å²) in [6, 6.07) is 13.1. The van der Waals surface area contributed by atoms with Crippen LogP contribution in [-0.2, 0) is 19.1 Å². The van der Waals surface area contributed by atoms with Gasteiger partial charge in [-0.05, 0) is 44.5 Å². The van der Waals surface area contributed by atoms with Crippen LogP contribution in [0.5, 0.6) is 5.75 Å². The van der Waals surface area contributed by atoms with Gasteiger partial charge in [0, 0.05) is 19.0 Å². The number of esters is 2. The Morgan fingerprint density at radius 3 is 2.42 bits per heavy atom. The largest absolute Gasteiger partial charge is 0.463 e. The molecule has 1 amide bonds. The van der Waals surface area contributed by atoms with Crippen molar-refractivity contribution in [1.29, 1.82) is 0 Å². The lowest BCUT2D eigenvalue weighted by Crippen LogP contribution is -2.41. The van der Waals surface area contributed by atoms with E-state index in [1.165, 1.54) is 11.5 Å². The Hall–Kier alpha value is -4.31. The lowest BCUT2D eigenvalue weighted by Gasteiger charge is -2.24. The number of nitrogens with zero attached hydrogens (tertiary/aromatic N) is 3. The standard InChI is InChI=1S/C28H25N3O6S/c1-5-30-20-10-8-7-9-19(20)22(25(30)33)24-26(34)31-23(17-11-13-18(14-12-17)37-16(4)32)21(27(35)36-6-2)15(3)29-28(31)38-24/h7-14,23H,5-6H2,1-4H3/b24-22-/t23-/m1/s1. The normalized spacial score (nSPS) is 17.6. The number of aromatic nitrogens is 1. The maximum Gasteiger partial charge on any atom is 0.338 e. The Morgan fingerprint density at radius 1 is 1.05 bits per heavy atom. The van der Waals surface area contributed by atoms with E-state index in [9.17, 15) is 19.2 Å². The van der Waals surface area contributed by atoms with Crippen LogP contribution in [0.4, 0.5) is 5.69 Å². The van der Waals surface area contributed by atoms with Gasteiger partial charge in [0.2, 0.25) is 0 Å². The summed E-state index contributed by atoms with van der Waals surface area (Å²) in [5, 5.41) is 0. The maximum absolute atomic E-state index is 14.1. The SMILES string of the molecule is CCOC(=O)C1=C(C)N=c2s/c(=C3\C(=O)N(CC)c4ccccc43)c(=O)n2[C@@H]1c1ccc(OC(C)=O)cc1. The minimum atomic E-state index is -0.847. The van der Waals surface area contributed by atoms with Gasteiger partial charge in [0.25, 0.3) is 11.5 Å². The molecule has 38 heavy (non-hydrogen) atoms. The van der Waals surface area contributed by atoms with Crippen molar-refractivity contribution in [3.63, 3.8) is 0 Å². The van der Waals surface area contributed by atoms with Crippen molar-refractivity contribution in [2.75, 3.05) is 18.1 Å². The van der Waals surface area contributed by atoms with E-state index in [1.54, 1.807) is 43.0 Å². The number of benzene rings is 2. The van der Waals surface area contributed by atoms with E-state index in [0.717, 1.165) is 17.0 Å². The lowest BCUT2D eigenvalue weighted by molar-refractivity contribution is -0.139. The molecule has 5 rings (SSSR count). The zero-order valence-corrected chi connectivity index (χ0v) is 22.1. The Kier molecular flexibility index (Phi) is 6.58. The van der Waals surface area contributed by atoms with Crippen molar-refractivity contribution in [3.8, 4) is 5.75 Å². The molecule has 0 spiro atoms. The van der Waals surface area contributed by atoms with Crippen LogP contribution in [0, 0.1) is 0 Å². The van der Waals surface area contributed by atoms with Crippen LogP contribution < -0.4 is 24.5 Å². The molecule has 2 aromatic carbocycles. The zero-order valence-electron chi connectivity index (χ0n) is 21.3. The number of likely N-dealkylation sites (N-methyl/N-ethyl adjacent to an activating group) is 1. The summed E-state index contributed by atoms with van der Waals surface area (Å²) in [5.41, 5.74) is 2.59. The van der Waals surface area contributed by atoms with Crippen LogP contribution in [0.3, 0.4) is 0 Å². The number of thiazole rings is 1. The Morgan fingerprint density at radius 2 is 1.76 bits per heavy atom. The smallest absolute Gasteiger partial charge is 0.338 e. The zero-order chi connectivity index (χ0) is 27.1. The predicted molar refractivity (Wildman–Crippen MR) is 142 cm³/mol. The quantitative estimate of drug-likeness (QED) is 0.370. The highest BCUT2D eigenvalue weighted by Gasteiger charge is 2.36. The number of ether oxygens (including phenoxy) is 2. The molecule has 194 valence electrons. The number of allylic oxidation sites excluding steroid dienone is 1. The molecule has 0 fully saturated rings. The number of amides is 1. The van der Waals surface area contributed by atoms with Crippen molar-refractivity contribution in [2.24, 2.45) is 4.99 Å². The van der Waals surface area contributed by atoms with E-state index in [-0.39, 0.29) is 22.6 Å². The topological polar surface area (TPSA) is 107 Å². The van der Waals surface area contributed by atoms with Crippen molar-refractivity contribution in [3.05, 3.63) is 90.6 Å². The molecule has 0 unspecified atom stereocenters. The molecular weight excluding hydrogens is 506 g/mol. The summed E-state index contributed by atoms with van der Waals surface area (Å²) >= 11 is 1.12. The second-order valence-electron chi connectivity index (χ2n) is 8.73. The number of anilines is 1. The third-order valence-corrected chi connectivity index (χ3v) is 7.47. The van der Waals surface area contributed by atoms with Gasteiger partial charge in [-0.15, -0.1) is 0 Å². The summed E-state index contributed by atoms with van der Waals surface area (Å²) in [6.07, 6.45) is 0. The summed E-state index contributed by atoms with van der Waals surface area (Å²) in [7, 11) is 0. The number of para-hydroxylation sites is 1. The first-order chi connectivity index (χ1) is 18.3. The van der Waals surface area contributed by atoms with Gasteiger partial charge < -0.3 is 14.4 Å². The number of rotatable bonds is 5. The first-order valence-electron chi connectivity index (χ1n) is 12.2. The van der Waals surface area contributed by atoms with Gasteiger partial charge >= 0.3 is 11.9 Å². The Balaban J connectivity index is 1.77. The van der Waals surface area contributed by atoms with Crippen molar-refractivity contribution in [1.82, 2.24) is 4.57 Å². The molecule has 1 aromatic heterocycles. The van der Waals surface area contributed by atoms with Gasteiger partial charge in [-0.25, -0.2) is 9.79 Å². The molecule has 0 aliphatic carbocycles. The summed E-state index contributed by atoms with van der Waals surface area (Å²) in [5.74, 6) is -0.956. The highest BCUT2D eigenvalue weighted by atomic mass is 32.1. The minimum absolute atomic E-state index is 0.153. The van der Waals surface area contributed by atoms with E-state index in [2.05, 4.69) is 4.99 Å². The van der Waals surface area contributed by atoms with Crippen molar-refractivity contribution < 1.29 is 23.9 Å². The van der Waals surface area contributed by atoms with Gasteiger partial charge in [-0.3, -0.25) is 19.0 Å². The van der Waals surface area contributed by atoms with Crippen molar-refractivity contribution >= 4 is 40.4 Å². The lowest BCUT2D eigenvalue weighted by atomic mass is 9.96. The van der Waals surface area contributed by atoms with Gasteiger partial charge in [-0.1, -0.05) is 41.7 Å². The molecule has 0 saturated heterocycles. The highest BCUT2D eigenvalue weighted by Crippen LogP contribution is 2.35. The molecule has 3 heterocycles. The van der Waals surface area contributed by atoms with Gasteiger partial charge in [0.1, 0.15) is 10.3 Å². The summed E-state index contributed by atoms with van der Waals surface area (Å²) in [6.45, 7) is 7.20. The number of hydrogen-bond acceptors (Lipinski definition) is 8. The van der Waals surface area contributed by atoms with Crippen LogP contribution >= 0.6 is 11.3 Å². The molecule has 0 N–H and O–H groups in total. The second kappa shape index (κ2) is 9.86. The number of hydrogen-bond donors (Lipinski definition) is 0. The van der Waals surface area contributed by atoms with Crippen LogP contribution in [0.2, 0.25) is 0 Å². The van der Waals surface area contributed by atoms with E-state index in [4.69, 9.17) is 9.47 Å².